The van der Waals surface area contributed by atoms with Crippen LogP contribution in [0.2, 0.25) is 5.02 Å². The van der Waals surface area contributed by atoms with Gasteiger partial charge in [0.05, 0.1) is 5.02 Å². The first-order chi connectivity index (χ1) is 11.6. The number of pyridine rings is 1. The lowest BCUT2D eigenvalue weighted by Gasteiger charge is -2.29. The Morgan fingerprint density at radius 1 is 1.12 bits per heavy atom. The molecule has 5 heteroatoms. The van der Waals surface area contributed by atoms with Crippen LogP contribution in [-0.2, 0) is 0 Å². The van der Waals surface area contributed by atoms with Crippen molar-refractivity contribution in [1.29, 1.82) is 0 Å². The van der Waals surface area contributed by atoms with E-state index in [1.165, 1.54) is 0 Å². The molecule has 0 radical (unpaired) electrons. The molecule has 0 aliphatic heterocycles. The van der Waals surface area contributed by atoms with E-state index in [-0.39, 0.29) is 18.1 Å². The number of rotatable bonds is 4. The Hall–Kier alpha value is -2.07. The van der Waals surface area contributed by atoms with Crippen molar-refractivity contribution in [3.05, 3.63) is 58.7 Å². The highest BCUT2D eigenvalue weighted by Crippen LogP contribution is 2.23. The highest BCUT2D eigenvalue weighted by molar-refractivity contribution is 6.30. The number of aryl methyl sites for hydroxylation is 1. The summed E-state index contributed by atoms with van der Waals surface area (Å²) in [6.45, 7) is 2.01. The Balaban J connectivity index is 1.47. The van der Waals surface area contributed by atoms with Gasteiger partial charge in [0.1, 0.15) is 6.10 Å². The lowest BCUT2D eigenvalue weighted by molar-refractivity contribution is 0.0890. The van der Waals surface area contributed by atoms with Gasteiger partial charge in [-0.15, -0.1) is 0 Å². The van der Waals surface area contributed by atoms with E-state index in [1.54, 1.807) is 18.3 Å². The molecule has 126 valence electrons. The van der Waals surface area contributed by atoms with Crippen LogP contribution in [0.25, 0.3) is 0 Å². The van der Waals surface area contributed by atoms with Crippen molar-refractivity contribution in [1.82, 2.24) is 10.3 Å². The maximum absolute atomic E-state index is 12.3. The van der Waals surface area contributed by atoms with E-state index in [4.69, 9.17) is 16.3 Å². The molecule has 2 aromatic rings. The van der Waals surface area contributed by atoms with Gasteiger partial charge in [0.2, 0.25) is 5.88 Å². The molecule has 1 amide bonds. The predicted octanol–water partition coefficient (Wildman–Crippen LogP) is 4.16. The molecule has 0 unspecified atom stereocenters. The number of halogens is 1. The summed E-state index contributed by atoms with van der Waals surface area (Å²) < 4.78 is 5.88. The molecule has 24 heavy (non-hydrogen) atoms. The Morgan fingerprint density at radius 3 is 2.46 bits per heavy atom. The zero-order chi connectivity index (χ0) is 16.9. The van der Waals surface area contributed by atoms with Gasteiger partial charge in [0, 0.05) is 23.9 Å². The highest BCUT2D eigenvalue weighted by Gasteiger charge is 2.24. The molecule has 0 atom stereocenters. The second-order valence-corrected chi connectivity index (χ2v) is 6.68. The summed E-state index contributed by atoms with van der Waals surface area (Å²) in [6.07, 6.45) is 5.37. The topological polar surface area (TPSA) is 51.2 Å². The van der Waals surface area contributed by atoms with Crippen molar-refractivity contribution in [2.24, 2.45) is 0 Å². The molecule has 1 aliphatic carbocycles. The molecule has 3 rings (SSSR count). The molecule has 1 aliphatic rings. The van der Waals surface area contributed by atoms with Gasteiger partial charge in [-0.25, -0.2) is 4.98 Å². The van der Waals surface area contributed by atoms with Crippen molar-refractivity contribution < 1.29 is 9.53 Å². The van der Waals surface area contributed by atoms with Crippen LogP contribution < -0.4 is 10.1 Å². The third-order valence-electron chi connectivity index (χ3n) is 4.31. The molecular weight excluding hydrogens is 324 g/mol. The predicted molar refractivity (Wildman–Crippen MR) is 94.6 cm³/mol. The van der Waals surface area contributed by atoms with Crippen LogP contribution in [-0.4, -0.2) is 23.0 Å². The summed E-state index contributed by atoms with van der Waals surface area (Å²) in [5.41, 5.74) is 1.87. The minimum atomic E-state index is -0.00117. The molecule has 0 bridgehead atoms. The third kappa shape index (κ3) is 4.48. The monoisotopic (exact) mass is 344 g/mol. The highest BCUT2D eigenvalue weighted by atomic mass is 35.5. The molecule has 1 fully saturated rings. The van der Waals surface area contributed by atoms with Crippen molar-refractivity contribution in [2.45, 2.75) is 44.8 Å². The first kappa shape index (κ1) is 16.8. The Morgan fingerprint density at radius 2 is 1.83 bits per heavy atom. The van der Waals surface area contributed by atoms with Gasteiger partial charge in [-0.05, 0) is 50.8 Å². The summed E-state index contributed by atoms with van der Waals surface area (Å²) in [6, 6.07) is 11.4. The number of ether oxygens (including phenoxy) is 1. The van der Waals surface area contributed by atoms with Crippen molar-refractivity contribution in [2.75, 3.05) is 0 Å². The van der Waals surface area contributed by atoms with Crippen LogP contribution in [0, 0.1) is 6.92 Å². The number of benzene rings is 1. The van der Waals surface area contributed by atoms with Crippen LogP contribution in [0.1, 0.15) is 41.6 Å². The Labute approximate surface area is 147 Å². The van der Waals surface area contributed by atoms with E-state index in [2.05, 4.69) is 10.3 Å². The zero-order valence-corrected chi connectivity index (χ0v) is 14.4. The second kappa shape index (κ2) is 7.67. The summed E-state index contributed by atoms with van der Waals surface area (Å²) >= 11 is 5.82. The quantitative estimate of drug-likeness (QED) is 0.905. The van der Waals surface area contributed by atoms with E-state index in [0.717, 1.165) is 31.2 Å². The number of amides is 1. The van der Waals surface area contributed by atoms with E-state index in [1.807, 2.05) is 31.2 Å². The first-order valence-corrected chi connectivity index (χ1v) is 8.64. The van der Waals surface area contributed by atoms with E-state index < -0.39 is 0 Å². The number of aromatic nitrogens is 1. The maximum atomic E-state index is 12.3. The van der Waals surface area contributed by atoms with Gasteiger partial charge in [-0.2, -0.15) is 0 Å². The molecule has 1 heterocycles. The number of nitrogens with one attached hydrogen (secondary N) is 1. The van der Waals surface area contributed by atoms with Crippen LogP contribution in [0.5, 0.6) is 5.88 Å². The zero-order valence-electron chi connectivity index (χ0n) is 13.7. The average molecular weight is 345 g/mol. The van der Waals surface area contributed by atoms with Crippen LogP contribution in [0.15, 0.2) is 42.6 Å². The SMILES string of the molecule is Cc1ccc(C(=O)NC2CCC(Oc3ccc(Cl)cn3)CC2)cc1. The fourth-order valence-electron chi connectivity index (χ4n) is 2.90. The lowest BCUT2D eigenvalue weighted by atomic mass is 9.92. The molecular formula is C19H21ClN2O2. The van der Waals surface area contributed by atoms with Gasteiger partial charge in [0.25, 0.3) is 5.91 Å². The normalized spacial score (nSPS) is 20.4. The third-order valence-corrected chi connectivity index (χ3v) is 4.53. The molecule has 4 nitrogen and oxygen atoms in total. The van der Waals surface area contributed by atoms with Crippen molar-refractivity contribution in [3.8, 4) is 5.88 Å². The number of carbonyl (C=O) groups is 1. The van der Waals surface area contributed by atoms with Crippen molar-refractivity contribution in [3.63, 3.8) is 0 Å². The molecule has 1 saturated carbocycles. The fourth-order valence-corrected chi connectivity index (χ4v) is 3.01. The smallest absolute Gasteiger partial charge is 0.251 e. The maximum Gasteiger partial charge on any atom is 0.251 e. The van der Waals surface area contributed by atoms with E-state index in [0.29, 0.717) is 16.5 Å². The number of carbonyl (C=O) groups excluding carboxylic acids is 1. The van der Waals surface area contributed by atoms with Crippen LogP contribution in [0.4, 0.5) is 0 Å². The van der Waals surface area contributed by atoms with E-state index in [9.17, 15) is 4.79 Å². The van der Waals surface area contributed by atoms with Gasteiger partial charge in [-0.1, -0.05) is 29.3 Å². The molecule has 1 N–H and O–H groups in total. The van der Waals surface area contributed by atoms with Gasteiger partial charge in [0.15, 0.2) is 0 Å². The molecule has 0 saturated heterocycles. The number of hydrogen-bond acceptors (Lipinski definition) is 3. The Bertz CT molecular complexity index is 678. The summed E-state index contributed by atoms with van der Waals surface area (Å²) in [5, 5.41) is 3.72. The molecule has 1 aromatic heterocycles. The average Bonchev–Trinajstić information content (AvgIpc) is 2.59. The van der Waals surface area contributed by atoms with Crippen molar-refractivity contribution >= 4 is 17.5 Å². The van der Waals surface area contributed by atoms with Crippen LogP contribution >= 0.6 is 11.6 Å². The van der Waals surface area contributed by atoms with Gasteiger partial charge < -0.3 is 10.1 Å². The number of nitrogens with zero attached hydrogens (tertiary/aromatic N) is 1. The minimum Gasteiger partial charge on any atom is -0.474 e. The Kier molecular flexibility index (Phi) is 5.36. The largest absolute Gasteiger partial charge is 0.474 e. The number of hydrogen-bond donors (Lipinski definition) is 1. The van der Waals surface area contributed by atoms with E-state index >= 15 is 0 Å². The van der Waals surface area contributed by atoms with Gasteiger partial charge in [-0.3, -0.25) is 4.79 Å². The van der Waals surface area contributed by atoms with Crippen LogP contribution in [0.3, 0.4) is 0 Å². The molecule has 1 aromatic carbocycles. The summed E-state index contributed by atoms with van der Waals surface area (Å²) in [5.74, 6) is 0.602. The minimum absolute atomic E-state index is 0.00117. The second-order valence-electron chi connectivity index (χ2n) is 6.25. The fraction of sp³-hybridized carbons (Fsp3) is 0.368. The van der Waals surface area contributed by atoms with Gasteiger partial charge >= 0.3 is 0 Å². The standard InChI is InChI=1S/C19H21ClN2O2/c1-13-2-4-14(5-3-13)19(23)22-16-7-9-17(10-8-16)24-18-11-6-15(20)12-21-18/h2-6,11-12,16-17H,7-10H2,1H3,(H,22,23). The summed E-state index contributed by atoms with van der Waals surface area (Å²) in [7, 11) is 0. The first-order valence-electron chi connectivity index (χ1n) is 8.26. The lowest BCUT2D eigenvalue weighted by Crippen LogP contribution is -2.39. The molecule has 0 spiro atoms. The summed E-state index contributed by atoms with van der Waals surface area (Å²) in [4.78, 5) is 16.4.